The van der Waals surface area contributed by atoms with Gasteiger partial charge >= 0.3 is 0 Å². The zero-order valence-electron chi connectivity index (χ0n) is 13.1. The smallest absolute Gasteiger partial charge is 0.293 e. The van der Waals surface area contributed by atoms with Gasteiger partial charge in [0.2, 0.25) is 5.82 Å². The minimum Gasteiger partial charge on any atom is -0.336 e. The normalized spacial score (nSPS) is 16.4. The number of piperidine rings is 1. The van der Waals surface area contributed by atoms with Crippen LogP contribution in [0.15, 0.2) is 12.3 Å². The van der Waals surface area contributed by atoms with Crippen molar-refractivity contribution in [2.24, 2.45) is 5.92 Å². The molecule has 1 aliphatic heterocycles. The Balaban J connectivity index is 1.67. The first-order valence-corrected chi connectivity index (χ1v) is 7.81. The van der Waals surface area contributed by atoms with Gasteiger partial charge in [0.25, 0.3) is 11.7 Å². The Kier molecular flexibility index (Phi) is 4.33. The first kappa shape index (κ1) is 14.9. The Bertz CT molecular complexity index is 659. The number of hydrogen-bond acceptors (Lipinski definition) is 5. The maximum absolute atomic E-state index is 12.5. The molecule has 0 saturated carbocycles. The molecule has 3 heterocycles. The van der Waals surface area contributed by atoms with Crippen molar-refractivity contribution in [3.05, 3.63) is 23.8 Å². The fraction of sp³-hybridized carbons (Fsp3) is 0.600. The summed E-state index contributed by atoms with van der Waals surface area (Å²) >= 11 is 0. The molecule has 0 spiro atoms. The molecule has 22 heavy (non-hydrogen) atoms. The van der Waals surface area contributed by atoms with Gasteiger partial charge in [0.1, 0.15) is 0 Å². The quantitative estimate of drug-likeness (QED) is 0.908. The Morgan fingerprint density at radius 2 is 2.18 bits per heavy atom. The number of carbonyl (C=O) groups excluding carboxylic acids is 1. The zero-order valence-corrected chi connectivity index (χ0v) is 13.1. The fourth-order valence-corrected chi connectivity index (χ4v) is 2.91. The molecule has 2 aromatic heterocycles. The van der Waals surface area contributed by atoms with Gasteiger partial charge < -0.3 is 10.2 Å². The summed E-state index contributed by atoms with van der Waals surface area (Å²) in [6, 6.07) is 1.85. The molecule has 2 aromatic rings. The summed E-state index contributed by atoms with van der Waals surface area (Å²) < 4.78 is 1.62. The van der Waals surface area contributed by atoms with Gasteiger partial charge in [-0.1, -0.05) is 0 Å². The van der Waals surface area contributed by atoms with Crippen molar-refractivity contribution in [2.75, 3.05) is 26.7 Å². The van der Waals surface area contributed by atoms with Gasteiger partial charge in [-0.15, -0.1) is 5.10 Å². The van der Waals surface area contributed by atoms with Crippen molar-refractivity contribution in [1.82, 2.24) is 29.8 Å². The second-order valence-electron chi connectivity index (χ2n) is 5.86. The third-order valence-corrected chi connectivity index (χ3v) is 4.33. The zero-order chi connectivity index (χ0) is 15.5. The van der Waals surface area contributed by atoms with Crippen LogP contribution >= 0.6 is 0 Å². The molecule has 0 radical (unpaired) electrons. The number of likely N-dealkylation sites (tertiary alicyclic amines) is 1. The number of nitrogens with one attached hydrogen (secondary N) is 1. The molecule has 1 N–H and O–H groups in total. The van der Waals surface area contributed by atoms with Gasteiger partial charge in [0.05, 0.1) is 0 Å². The van der Waals surface area contributed by atoms with E-state index in [0.29, 0.717) is 11.7 Å². The van der Waals surface area contributed by atoms with Crippen LogP contribution in [0.25, 0.3) is 5.78 Å². The lowest BCUT2D eigenvalue weighted by Crippen LogP contribution is -2.39. The van der Waals surface area contributed by atoms with Gasteiger partial charge in [-0.05, 0) is 51.8 Å². The molecular weight excluding hydrogens is 280 g/mol. The van der Waals surface area contributed by atoms with Crippen LogP contribution in [0.3, 0.4) is 0 Å². The van der Waals surface area contributed by atoms with Crippen LogP contribution in [0.5, 0.6) is 0 Å². The summed E-state index contributed by atoms with van der Waals surface area (Å²) in [6.07, 6.45) is 4.96. The highest BCUT2D eigenvalue weighted by atomic mass is 16.2. The third-order valence-electron chi connectivity index (χ3n) is 4.33. The summed E-state index contributed by atoms with van der Waals surface area (Å²) in [5.41, 5.74) is 0.919. The first-order chi connectivity index (χ1) is 10.7. The van der Waals surface area contributed by atoms with Gasteiger partial charge in [0, 0.05) is 25.0 Å². The summed E-state index contributed by atoms with van der Waals surface area (Å²) in [4.78, 5) is 22.8. The SMILES string of the molecule is CNCCC1CCN(C(=O)c2nc3nccc(C)n3n2)CC1. The van der Waals surface area contributed by atoms with Gasteiger partial charge in [-0.25, -0.2) is 9.50 Å². The second-order valence-corrected chi connectivity index (χ2v) is 5.86. The highest BCUT2D eigenvalue weighted by Gasteiger charge is 2.26. The molecule has 0 atom stereocenters. The van der Waals surface area contributed by atoms with Crippen molar-refractivity contribution in [1.29, 1.82) is 0 Å². The van der Waals surface area contributed by atoms with Crippen LogP contribution in [-0.4, -0.2) is 57.1 Å². The monoisotopic (exact) mass is 302 g/mol. The number of nitrogens with zero attached hydrogens (tertiary/aromatic N) is 5. The Morgan fingerprint density at radius 3 is 2.86 bits per heavy atom. The minimum absolute atomic E-state index is 0.0861. The molecule has 0 aromatic carbocycles. The average molecular weight is 302 g/mol. The van der Waals surface area contributed by atoms with Crippen molar-refractivity contribution in [3.8, 4) is 0 Å². The maximum atomic E-state index is 12.5. The number of hydrogen-bond donors (Lipinski definition) is 1. The van der Waals surface area contributed by atoms with Crippen LogP contribution in [0, 0.1) is 12.8 Å². The average Bonchev–Trinajstić information content (AvgIpc) is 2.98. The molecule has 7 nitrogen and oxygen atoms in total. The first-order valence-electron chi connectivity index (χ1n) is 7.81. The Labute approximate surface area is 129 Å². The number of fused-ring (bicyclic) bond motifs is 1. The second kappa shape index (κ2) is 6.39. The molecule has 1 amide bonds. The lowest BCUT2D eigenvalue weighted by Gasteiger charge is -2.31. The van der Waals surface area contributed by atoms with Gasteiger partial charge in [-0.2, -0.15) is 4.98 Å². The topological polar surface area (TPSA) is 75.4 Å². The Hall–Kier alpha value is -2.02. The van der Waals surface area contributed by atoms with Crippen molar-refractivity contribution < 1.29 is 4.79 Å². The van der Waals surface area contributed by atoms with E-state index in [4.69, 9.17) is 0 Å². The van der Waals surface area contributed by atoms with E-state index in [-0.39, 0.29) is 11.7 Å². The van der Waals surface area contributed by atoms with E-state index in [1.165, 1.54) is 6.42 Å². The molecule has 118 valence electrons. The van der Waals surface area contributed by atoms with Crippen molar-refractivity contribution in [3.63, 3.8) is 0 Å². The van der Waals surface area contributed by atoms with E-state index >= 15 is 0 Å². The lowest BCUT2D eigenvalue weighted by molar-refractivity contribution is 0.0675. The highest BCUT2D eigenvalue weighted by Crippen LogP contribution is 2.21. The summed E-state index contributed by atoms with van der Waals surface area (Å²) in [7, 11) is 1.98. The molecule has 1 saturated heterocycles. The van der Waals surface area contributed by atoms with Crippen molar-refractivity contribution in [2.45, 2.75) is 26.2 Å². The van der Waals surface area contributed by atoms with Crippen LogP contribution < -0.4 is 5.32 Å². The number of rotatable bonds is 4. The van der Waals surface area contributed by atoms with E-state index in [9.17, 15) is 4.79 Å². The van der Waals surface area contributed by atoms with E-state index in [0.717, 1.165) is 38.2 Å². The summed E-state index contributed by atoms with van der Waals surface area (Å²) in [5.74, 6) is 1.34. The number of aromatic nitrogens is 4. The maximum Gasteiger partial charge on any atom is 0.293 e. The molecule has 3 rings (SSSR count). The standard InChI is InChI=1S/C15H22N6O/c1-11-3-8-17-15-18-13(19-21(11)15)14(22)20-9-5-12(6-10-20)4-7-16-2/h3,8,12,16H,4-7,9-10H2,1-2H3. The minimum atomic E-state index is -0.0861. The molecule has 0 aliphatic carbocycles. The van der Waals surface area contributed by atoms with Crippen LogP contribution in [0.4, 0.5) is 0 Å². The van der Waals surface area contributed by atoms with Gasteiger partial charge in [-0.3, -0.25) is 4.79 Å². The third kappa shape index (κ3) is 2.94. The van der Waals surface area contributed by atoms with E-state index in [2.05, 4.69) is 20.4 Å². The Morgan fingerprint density at radius 1 is 1.41 bits per heavy atom. The fourth-order valence-electron chi connectivity index (χ4n) is 2.91. The van der Waals surface area contributed by atoms with Crippen LogP contribution in [0.1, 0.15) is 35.6 Å². The summed E-state index contributed by atoms with van der Waals surface area (Å²) in [5, 5.41) is 7.48. The number of amides is 1. The summed E-state index contributed by atoms with van der Waals surface area (Å²) in [6.45, 7) is 4.53. The predicted octanol–water partition coefficient (Wildman–Crippen LogP) is 0.894. The van der Waals surface area contributed by atoms with E-state index < -0.39 is 0 Å². The highest BCUT2D eigenvalue weighted by molar-refractivity contribution is 5.90. The van der Waals surface area contributed by atoms with E-state index in [1.54, 1.807) is 10.7 Å². The van der Waals surface area contributed by atoms with E-state index in [1.807, 2.05) is 24.9 Å². The lowest BCUT2D eigenvalue weighted by atomic mass is 9.93. The molecule has 0 bridgehead atoms. The van der Waals surface area contributed by atoms with Gasteiger partial charge in [0.15, 0.2) is 0 Å². The molecule has 1 aliphatic rings. The number of aryl methyl sites for hydroxylation is 1. The molecule has 7 heteroatoms. The van der Waals surface area contributed by atoms with Crippen molar-refractivity contribution >= 4 is 11.7 Å². The molecule has 1 fully saturated rings. The predicted molar refractivity (Wildman–Crippen MR) is 82.7 cm³/mol. The molecular formula is C15H22N6O. The number of carbonyl (C=O) groups is 1. The largest absolute Gasteiger partial charge is 0.336 e. The van der Waals surface area contributed by atoms with Crippen LogP contribution in [0.2, 0.25) is 0 Å². The van der Waals surface area contributed by atoms with Crippen LogP contribution in [-0.2, 0) is 0 Å². The molecule has 0 unspecified atom stereocenters.